The first-order valence-corrected chi connectivity index (χ1v) is 9.91. The second-order valence-corrected chi connectivity index (χ2v) is 7.16. The number of hydrogen-bond acceptors (Lipinski definition) is 4. The SMILES string of the molecule is O=C1c2ccc(C#Cc3cccnc3)cc2C(=O)c2cc(C#Cc3cccnc3)ccc21. The highest BCUT2D eigenvalue weighted by Crippen LogP contribution is 2.28. The Balaban J connectivity index is 1.50. The van der Waals surface area contributed by atoms with Gasteiger partial charge in [-0.2, -0.15) is 0 Å². The van der Waals surface area contributed by atoms with Gasteiger partial charge in [-0.25, -0.2) is 0 Å². The van der Waals surface area contributed by atoms with Gasteiger partial charge in [0.25, 0.3) is 0 Å². The molecule has 5 rings (SSSR count). The highest BCUT2D eigenvalue weighted by atomic mass is 16.1. The maximum Gasteiger partial charge on any atom is 0.194 e. The average molecular weight is 410 g/mol. The van der Waals surface area contributed by atoms with Crippen molar-refractivity contribution in [1.82, 2.24) is 9.97 Å². The van der Waals surface area contributed by atoms with E-state index in [0.717, 1.165) is 11.1 Å². The maximum atomic E-state index is 13.2. The van der Waals surface area contributed by atoms with Gasteiger partial charge in [0, 0.05) is 69.3 Å². The van der Waals surface area contributed by atoms with Crippen molar-refractivity contribution in [2.45, 2.75) is 0 Å². The van der Waals surface area contributed by atoms with E-state index >= 15 is 0 Å². The lowest BCUT2D eigenvalue weighted by molar-refractivity contribution is 0.0979. The molecule has 0 fully saturated rings. The second-order valence-electron chi connectivity index (χ2n) is 7.16. The molecule has 0 amide bonds. The first kappa shape index (κ1) is 19.2. The Morgan fingerprint density at radius 1 is 0.500 bits per heavy atom. The molecule has 0 saturated heterocycles. The van der Waals surface area contributed by atoms with Crippen molar-refractivity contribution >= 4 is 11.6 Å². The number of rotatable bonds is 0. The number of hydrogen-bond donors (Lipinski definition) is 0. The van der Waals surface area contributed by atoms with E-state index in [-0.39, 0.29) is 11.6 Å². The summed E-state index contributed by atoms with van der Waals surface area (Å²) in [7, 11) is 0. The number of carbonyl (C=O) groups is 2. The van der Waals surface area contributed by atoms with Gasteiger partial charge >= 0.3 is 0 Å². The molecule has 32 heavy (non-hydrogen) atoms. The lowest BCUT2D eigenvalue weighted by atomic mass is 9.82. The third-order valence-electron chi connectivity index (χ3n) is 5.04. The number of benzene rings is 2. The molecule has 2 aromatic heterocycles. The average Bonchev–Trinajstić information content (AvgIpc) is 2.86. The molecular formula is C28H14N2O2. The summed E-state index contributed by atoms with van der Waals surface area (Å²) in [6.45, 7) is 0. The highest BCUT2D eigenvalue weighted by Gasteiger charge is 2.29. The van der Waals surface area contributed by atoms with Crippen LogP contribution < -0.4 is 0 Å². The van der Waals surface area contributed by atoms with Gasteiger partial charge in [0.1, 0.15) is 0 Å². The number of aromatic nitrogens is 2. The minimum Gasteiger partial charge on any atom is -0.289 e. The molecule has 0 saturated carbocycles. The molecule has 1 aliphatic rings. The van der Waals surface area contributed by atoms with Crippen molar-refractivity contribution < 1.29 is 9.59 Å². The van der Waals surface area contributed by atoms with Gasteiger partial charge in [-0.05, 0) is 60.7 Å². The van der Waals surface area contributed by atoms with Crippen molar-refractivity contribution in [2.24, 2.45) is 0 Å². The van der Waals surface area contributed by atoms with Crippen LogP contribution in [-0.4, -0.2) is 21.5 Å². The summed E-state index contributed by atoms with van der Waals surface area (Å²) in [5.74, 6) is 11.7. The summed E-state index contributed by atoms with van der Waals surface area (Å²) in [4.78, 5) is 34.3. The van der Waals surface area contributed by atoms with Crippen molar-refractivity contribution in [3.63, 3.8) is 0 Å². The van der Waals surface area contributed by atoms with Crippen LogP contribution in [0.5, 0.6) is 0 Å². The van der Waals surface area contributed by atoms with Gasteiger partial charge in [0.15, 0.2) is 11.6 Å². The van der Waals surface area contributed by atoms with Gasteiger partial charge < -0.3 is 0 Å². The number of carbonyl (C=O) groups excluding carboxylic acids is 2. The van der Waals surface area contributed by atoms with Crippen LogP contribution in [0.4, 0.5) is 0 Å². The Morgan fingerprint density at radius 2 is 0.938 bits per heavy atom. The van der Waals surface area contributed by atoms with E-state index in [0.29, 0.717) is 33.4 Å². The molecule has 4 aromatic rings. The molecule has 0 atom stereocenters. The van der Waals surface area contributed by atoms with Crippen LogP contribution in [-0.2, 0) is 0 Å². The van der Waals surface area contributed by atoms with Crippen LogP contribution in [0, 0.1) is 23.7 Å². The van der Waals surface area contributed by atoms with E-state index in [1.165, 1.54) is 0 Å². The Hall–Kier alpha value is -4.80. The summed E-state index contributed by atoms with van der Waals surface area (Å²) in [6, 6.07) is 17.5. The molecule has 0 N–H and O–H groups in total. The van der Waals surface area contributed by atoms with E-state index in [1.54, 1.807) is 61.2 Å². The maximum absolute atomic E-state index is 13.2. The Labute approximate surface area is 185 Å². The standard InChI is InChI=1S/C28H14N2O2/c31-27-23-11-9-19(5-7-21-3-1-13-29-17-21)15-25(23)28(32)26-16-20(10-12-24(26)27)6-8-22-4-2-14-30-18-22/h1-4,9-18H. The van der Waals surface area contributed by atoms with Crippen LogP contribution in [0.1, 0.15) is 54.1 Å². The van der Waals surface area contributed by atoms with Gasteiger partial charge in [0.05, 0.1) is 0 Å². The normalized spacial score (nSPS) is 11.4. The number of fused-ring (bicyclic) bond motifs is 2. The van der Waals surface area contributed by atoms with E-state index in [2.05, 4.69) is 33.6 Å². The van der Waals surface area contributed by atoms with Gasteiger partial charge in [-0.3, -0.25) is 19.6 Å². The molecule has 0 aliphatic heterocycles. The number of nitrogens with zero attached hydrogens (tertiary/aromatic N) is 2. The Morgan fingerprint density at radius 3 is 1.38 bits per heavy atom. The zero-order chi connectivity index (χ0) is 21.9. The van der Waals surface area contributed by atoms with Crippen LogP contribution in [0.15, 0.2) is 85.5 Å². The predicted molar refractivity (Wildman–Crippen MR) is 120 cm³/mol. The monoisotopic (exact) mass is 410 g/mol. The van der Waals surface area contributed by atoms with Crippen molar-refractivity contribution in [1.29, 1.82) is 0 Å². The zero-order valence-electron chi connectivity index (χ0n) is 16.8. The summed E-state index contributed by atoms with van der Waals surface area (Å²) >= 11 is 0. The van der Waals surface area contributed by atoms with Crippen LogP contribution >= 0.6 is 0 Å². The van der Waals surface area contributed by atoms with E-state index in [4.69, 9.17) is 0 Å². The molecule has 2 heterocycles. The molecule has 0 spiro atoms. The third kappa shape index (κ3) is 3.69. The number of ketones is 2. The second kappa shape index (κ2) is 8.14. The minimum atomic E-state index is -0.204. The molecule has 0 unspecified atom stereocenters. The molecular weight excluding hydrogens is 396 g/mol. The smallest absolute Gasteiger partial charge is 0.194 e. The Bertz CT molecular complexity index is 1390. The third-order valence-corrected chi connectivity index (χ3v) is 5.04. The summed E-state index contributed by atoms with van der Waals surface area (Å²) in [5.41, 5.74) is 4.36. The molecule has 4 heteroatoms. The first-order valence-electron chi connectivity index (χ1n) is 9.91. The molecule has 0 radical (unpaired) electrons. The minimum absolute atomic E-state index is 0.173. The predicted octanol–water partition coefficient (Wildman–Crippen LogP) is 4.05. The highest BCUT2D eigenvalue weighted by molar-refractivity contribution is 6.28. The lowest BCUT2D eigenvalue weighted by Gasteiger charge is -2.17. The largest absolute Gasteiger partial charge is 0.289 e. The Kier molecular flexibility index (Phi) is 4.88. The van der Waals surface area contributed by atoms with Gasteiger partial charge in [-0.1, -0.05) is 23.7 Å². The van der Waals surface area contributed by atoms with Crippen molar-refractivity contribution in [3.05, 3.63) is 130 Å². The molecule has 148 valence electrons. The summed E-state index contributed by atoms with van der Waals surface area (Å²) in [5, 5.41) is 0. The van der Waals surface area contributed by atoms with E-state index in [1.807, 2.05) is 24.3 Å². The van der Waals surface area contributed by atoms with Crippen molar-refractivity contribution in [3.8, 4) is 23.7 Å². The molecule has 4 nitrogen and oxygen atoms in total. The fraction of sp³-hybridized carbons (Fsp3) is 0. The van der Waals surface area contributed by atoms with Crippen LogP contribution in [0.25, 0.3) is 0 Å². The quantitative estimate of drug-likeness (QED) is 0.362. The summed E-state index contributed by atoms with van der Waals surface area (Å²) in [6.07, 6.45) is 6.71. The molecule has 1 aliphatic carbocycles. The van der Waals surface area contributed by atoms with Gasteiger partial charge in [0.2, 0.25) is 0 Å². The lowest BCUT2D eigenvalue weighted by Crippen LogP contribution is -2.21. The van der Waals surface area contributed by atoms with E-state index < -0.39 is 0 Å². The summed E-state index contributed by atoms with van der Waals surface area (Å²) < 4.78 is 0. The zero-order valence-corrected chi connectivity index (χ0v) is 16.8. The number of pyridine rings is 2. The topological polar surface area (TPSA) is 59.9 Å². The van der Waals surface area contributed by atoms with Crippen molar-refractivity contribution in [2.75, 3.05) is 0 Å². The fourth-order valence-electron chi connectivity index (χ4n) is 3.47. The van der Waals surface area contributed by atoms with Crippen LogP contribution in [0.3, 0.4) is 0 Å². The fourth-order valence-corrected chi connectivity index (χ4v) is 3.47. The van der Waals surface area contributed by atoms with E-state index in [9.17, 15) is 9.59 Å². The molecule has 2 aromatic carbocycles. The van der Waals surface area contributed by atoms with Gasteiger partial charge in [-0.15, -0.1) is 0 Å². The van der Waals surface area contributed by atoms with Crippen LogP contribution in [0.2, 0.25) is 0 Å². The first-order chi connectivity index (χ1) is 15.7. The molecule has 0 bridgehead atoms.